The van der Waals surface area contributed by atoms with Gasteiger partial charge in [-0.15, -0.1) is 0 Å². The fourth-order valence-corrected chi connectivity index (χ4v) is 10.3. The van der Waals surface area contributed by atoms with Gasteiger partial charge in [0.15, 0.2) is 0 Å². The molecule has 0 heterocycles. The van der Waals surface area contributed by atoms with Gasteiger partial charge in [-0.2, -0.15) is 0 Å². The third-order valence-corrected chi connectivity index (χ3v) is 15.4. The summed E-state index contributed by atoms with van der Waals surface area (Å²) < 4.78 is 5.47. The number of carbonyl (C=O) groups is 2. The van der Waals surface area contributed by atoms with Crippen molar-refractivity contribution in [2.24, 2.45) is 0 Å². The Morgan fingerprint density at radius 1 is 0.378 bits per heavy atom. The first-order valence-corrected chi connectivity index (χ1v) is 33.2. The standard InChI is InChI=1S/C68H129NO5/c1-3-5-7-9-11-13-15-17-19-20-21-22-23-24-25-26-27-29-33-36-40-44-48-52-56-60-66(71)65(64-70)69-67(72)61-57-53-49-45-41-37-34-30-28-31-35-39-43-47-51-55-59-63-74-68(73)62-58-54-50-46-42-38-32-18-16-14-12-10-8-6-4-2/h12,14,18,28,31-32,65-66,70-71H,3-11,13,15-17,19-27,29-30,33-64H2,1-2H3,(H,69,72)/b14-12-,31-28-,32-18-. The second-order valence-corrected chi connectivity index (χ2v) is 22.8. The van der Waals surface area contributed by atoms with Gasteiger partial charge in [-0.05, 0) is 83.5 Å². The van der Waals surface area contributed by atoms with Gasteiger partial charge in [-0.1, -0.05) is 301 Å². The highest BCUT2D eigenvalue weighted by Gasteiger charge is 2.20. The number of aliphatic hydroxyl groups excluding tert-OH is 2. The molecule has 0 bridgehead atoms. The van der Waals surface area contributed by atoms with E-state index < -0.39 is 12.1 Å². The number of nitrogens with one attached hydrogen (secondary N) is 1. The van der Waals surface area contributed by atoms with Crippen molar-refractivity contribution < 1.29 is 24.5 Å². The maximum atomic E-state index is 12.5. The normalized spacial score (nSPS) is 12.8. The molecule has 0 saturated heterocycles. The quantitative estimate of drug-likeness (QED) is 0.0320. The van der Waals surface area contributed by atoms with E-state index in [4.69, 9.17) is 4.74 Å². The number of amides is 1. The molecule has 0 radical (unpaired) electrons. The molecule has 1 amide bonds. The average molecular weight is 1040 g/mol. The third-order valence-electron chi connectivity index (χ3n) is 15.4. The summed E-state index contributed by atoms with van der Waals surface area (Å²) in [5.74, 6) is -0.0590. The average Bonchev–Trinajstić information content (AvgIpc) is 3.40. The minimum absolute atomic E-state index is 0.0151. The topological polar surface area (TPSA) is 95.9 Å². The lowest BCUT2D eigenvalue weighted by Crippen LogP contribution is -2.45. The van der Waals surface area contributed by atoms with Crippen molar-refractivity contribution in [2.75, 3.05) is 13.2 Å². The Labute approximate surface area is 462 Å². The van der Waals surface area contributed by atoms with Crippen molar-refractivity contribution >= 4 is 11.9 Å². The lowest BCUT2D eigenvalue weighted by Gasteiger charge is -2.22. The van der Waals surface area contributed by atoms with Gasteiger partial charge in [0.25, 0.3) is 0 Å². The SMILES string of the molecule is CCCCC/C=C\C/C=C\CCCCCCCC(=O)OCCCCCCCC/C=C\CCCCCCCCCC(=O)NC(CO)C(O)CCCCCCCCCCCCCCCCCCCCCCCCCCC. The van der Waals surface area contributed by atoms with E-state index in [2.05, 4.69) is 55.6 Å². The predicted molar refractivity (Wildman–Crippen MR) is 324 cm³/mol. The number of esters is 1. The lowest BCUT2D eigenvalue weighted by molar-refractivity contribution is -0.143. The largest absolute Gasteiger partial charge is 0.466 e. The smallest absolute Gasteiger partial charge is 0.305 e. The van der Waals surface area contributed by atoms with Crippen molar-refractivity contribution in [3.63, 3.8) is 0 Å². The monoisotopic (exact) mass is 1040 g/mol. The zero-order valence-electron chi connectivity index (χ0n) is 49.8. The highest BCUT2D eigenvalue weighted by molar-refractivity contribution is 5.76. The molecule has 0 fully saturated rings. The summed E-state index contributed by atoms with van der Waals surface area (Å²) >= 11 is 0. The van der Waals surface area contributed by atoms with Crippen molar-refractivity contribution in [1.82, 2.24) is 5.32 Å². The molecule has 0 saturated carbocycles. The molecule has 74 heavy (non-hydrogen) atoms. The van der Waals surface area contributed by atoms with Crippen LogP contribution < -0.4 is 5.32 Å². The Kier molecular flexibility index (Phi) is 62.0. The van der Waals surface area contributed by atoms with Crippen LogP contribution in [0, 0.1) is 0 Å². The van der Waals surface area contributed by atoms with Crippen LogP contribution >= 0.6 is 0 Å². The van der Waals surface area contributed by atoms with Crippen molar-refractivity contribution in [3.8, 4) is 0 Å². The highest BCUT2D eigenvalue weighted by Crippen LogP contribution is 2.18. The molecule has 0 aromatic rings. The van der Waals surface area contributed by atoms with Crippen LogP contribution in [0.15, 0.2) is 36.5 Å². The maximum absolute atomic E-state index is 12.5. The van der Waals surface area contributed by atoms with Gasteiger partial charge in [0.2, 0.25) is 5.91 Å². The minimum Gasteiger partial charge on any atom is -0.466 e. The molecule has 2 atom stereocenters. The van der Waals surface area contributed by atoms with E-state index in [1.807, 2.05) is 0 Å². The van der Waals surface area contributed by atoms with Crippen LogP contribution in [-0.4, -0.2) is 47.4 Å². The number of allylic oxidation sites excluding steroid dienone is 6. The van der Waals surface area contributed by atoms with Crippen LogP contribution in [0.3, 0.4) is 0 Å². The third kappa shape index (κ3) is 59.3. The first kappa shape index (κ1) is 72.1. The van der Waals surface area contributed by atoms with Gasteiger partial charge in [0.05, 0.1) is 25.4 Å². The van der Waals surface area contributed by atoms with Crippen LogP contribution in [0.4, 0.5) is 0 Å². The Morgan fingerprint density at radius 2 is 0.676 bits per heavy atom. The molecular formula is C68H129NO5. The molecule has 0 aromatic heterocycles. The van der Waals surface area contributed by atoms with Gasteiger partial charge < -0.3 is 20.3 Å². The van der Waals surface area contributed by atoms with Crippen molar-refractivity contribution in [2.45, 2.75) is 373 Å². The highest BCUT2D eigenvalue weighted by atomic mass is 16.5. The van der Waals surface area contributed by atoms with Crippen LogP contribution in [0.2, 0.25) is 0 Å². The van der Waals surface area contributed by atoms with E-state index in [9.17, 15) is 19.8 Å². The second-order valence-electron chi connectivity index (χ2n) is 22.8. The summed E-state index contributed by atoms with van der Waals surface area (Å²) in [4.78, 5) is 24.6. The Morgan fingerprint density at radius 3 is 1.07 bits per heavy atom. The fourth-order valence-electron chi connectivity index (χ4n) is 10.3. The first-order valence-electron chi connectivity index (χ1n) is 33.2. The molecule has 0 aromatic carbocycles. The summed E-state index contributed by atoms with van der Waals surface area (Å²) in [5.41, 5.74) is 0. The van der Waals surface area contributed by atoms with Crippen LogP contribution in [0.1, 0.15) is 361 Å². The van der Waals surface area contributed by atoms with Gasteiger partial charge in [-0.25, -0.2) is 0 Å². The molecule has 0 spiro atoms. The number of carbonyl (C=O) groups excluding carboxylic acids is 2. The summed E-state index contributed by atoms with van der Waals surface area (Å²) in [6.07, 6.45) is 80.2. The number of unbranched alkanes of at least 4 members (excludes halogenated alkanes) is 45. The molecule has 436 valence electrons. The molecule has 6 heteroatoms. The van der Waals surface area contributed by atoms with Gasteiger partial charge >= 0.3 is 5.97 Å². The van der Waals surface area contributed by atoms with E-state index in [0.29, 0.717) is 25.9 Å². The zero-order valence-corrected chi connectivity index (χ0v) is 49.8. The number of rotatable bonds is 62. The molecule has 0 aliphatic carbocycles. The molecule has 3 N–H and O–H groups in total. The van der Waals surface area contributed by atoms with E-state index in [-0.39, 0.29) is 18.5 Å². The summed E-state index contributed by atoms with van der Waals surface area (Å²) in [5, 5.41) is 23.4. The van der Waals surface area contributed by atoms with E-state index >= 15 is 0 Å². The van der Waals surface area contributed by atoms with Gasteiger partial charge in [-0.3, -0.25) is 9.59 Å². The molecule has 0 aliphatic heterocycles. The lowest BCUT2D eigenvalue weighted by atomic mass is 10.0. The number of hydrogen-bond donors (Lipinski definition) is 3. The van der Waals surface area contributed by atoms with Crippen LogP contribution in [0.5, 0.6) is 0 Å². The molecule has 6 nitrogen and oxygen atoms in total. The van der Waals surface area contributed by atoms with E-state index in [1.165, 1.54) is 263 Å². The number of hydrogen-bond acceptors (Lipinski definition) is 5. The van der Waals surface area contributed by atoms with Gasteiger partial charge in [0.1, 0.15) is 0 Å². The summed E-state index contributed by atoms with van der Waals surface area (Å²) in [6, 6.07) is -0.553. The second kappa shape index (κ2) is 63.6. The van der Waals surface area contributed by atoms with Crippen LogP contribution in [-0.2, 0) is 14.3 Å². The Balaban J connectivity index is 3.45. The van der Waals surface area contributed by atoms with Crippen LogP contribution in [0.25, 0.3) is 0 Å². The van der Waals surface area contributed by atoms with Crippen molar-refractivity contribution in [1.29, 1.82) is 0 Å². The predicted octanol–water partition coefficient (Wildman–Crippen LogP) is 21.1. The van der Waals surface area contributed by atoms with E-state index in [1.54, 1.807) is 0 Å². The summed E-state index contributed by atoms with van der Waals surface area (Å²) in [7, 11) is 0. The van der Waals surface area contributed by atoms with Gasteiger partial charge in [0, 0.05) is 12.8 Å². The van der Waals surface area contributed by atoms with Crippen molar-refractivity contribution in [3.05, 3.63) is 36.5 Å². The molecule has 2 unspecified atom stereocenters. The maximum Gasteiger partial charge on any atom is 0.305 e. The number of ether oxygens (including phenoxy) is 1. The number of aliphatic hydroxyl groups is 2. The minimum atomic E-state index is -0.675. The fraction of sp³-hybridized carbons (Fsp3) is 0.882. The summed E-state index contributed by atoms with van der Waals surface area (Å²) in [6.45, 7) is 4.92. The molecule has 0 rings (SSSR count). The first-order chi connectivity index (χ1) is 36.5. The Bertz CT molecular complexity index is 1200. The Hall–Kier alpha value is -1.92. The molecular weight excluding hydrogens is 911 g/mol. The van der Waals surface area contributed by atoms with E-state index in [0.717, 1.165) is 64.2 Å². The zero-order chi connectivity index (χ0) is 53.6. The molecule has 0 aliphatic rings.